The molecule has 0 saturated heterocycles. The molecule has 0 aliphatic heterocycles. The molecule has 118 valence electrons. The normalized spacial score (nSPS) is 10.7. The van der Waals surface area contributed by atoms with Gasteiger partial charge in [0, 0.05) is 24.5 Å². The molecule has 3 rings (SSSR count). The van der Waals surface area contributed by atoms with E-state index in [-0.39, 0.29) is 5.91 Å². The van der Waals surface area contributed by atoms with Crippen molar-refractivity contribution in [2.24, 2.45) is 0 Å². The lowest BCUT2D eigenvalue weighted by molar-refractivity contribution is 0.0827. The number of carbonyl (C=O) groups excluding carboxylic acids is 1. The van der Waals surface area contributed by atoms with Gasteiger partial charge in [-0.1, -0.05) is 13.0 Å². The second kappa shape index (κ2) is 6.34. The summed E-state index contributed by atoms with van der Waals surface area (Å²) in [5, 5.41) is 0.902. The Bertz CT molecular complexity index is 858. The highest BCUT2D eigenvalue weighted by atomic mass is 32.1. The molecule has 2 heterocycles. The predicted molar refractivity (Wildman–Crippen MR) is 91.3 cm³/mol. The topological polar surface area (TPSA) is 55.3 Å². The fourth-order valence-corrected chi connectivity index (χ4v) is 3.13. The quantitative estimate of drug-likeness (QED) is 0.732. The van der Waals surface area contributed by atoms with Gasteiger partial charge >= 0.3 is 0 Å². The van der Waals surface area contributed by atoms with Crippen molar-refractivity contribution >= 4 is 27.5 Å². The Hall–Kier alpha value is -2.47. The van der Waals surface area contributed by atoms with Gasteiger partial charge in [-0.25, -0.2) is 9.97 Å². The van der Waals surface area contributed by atoms with Crippen molar-refractivity contribution in [2.75, 3.05) is 14.1 Å². The molecule has 0 unspecified atom stereocenters. The summed E-state index contributed by atoms with van der Waals surface area (Å²) < 4.78 is 5.90. The number of rotatable bonds is 4. The molecule has 0 radical (unpaired) electrons. The number of ether oxygens (including phenoxy) is 1. The standard InChI is InChI=1S/C17H17N3O2S/c1-4-13-9-14-15(18-10-19-16(14)23-13)22-12-7-5-6-11(8-12)17(21)20(2)3/h5-10H,4H2,1-3H3. The van der Waals surface area contributed by atoms with Crippen molar-refractivity contribution < 1.29 is 9.53 Å². The number of thiophene rings is 1. The van der Waals surface area contributed by atoms with Crippen LogP contribution in [0.5, 0.6) is 11.6 Å². The van der Waals surface area contributed by atoms with Gasteiger partial charge in [0.1, 0.15) is 16.9 Å². The van der Waals surface area contributed by atoms with Crippen molar-refractivity contribution in [1.82, 2.24) is 14.9 Å². The number of hydrogen-bond donors (Lipinski definition) is 0. The minimum Gasteiger partial charge on any atom is -0.438 e. The lowest BCUT2D eigenvalue weighted by atomic mass is 10.2. The molecular weight excluding hydrogens is 310 g/mol. The lowest BCUT2D eigenvalue weighted by Gasteiger charge is -2.11. The zero-order valence-corrected chi connectivity index (χ0v) is 14.1. The van der Waals surface area contributed by atoms with Crippen molar-refractivity contribution in [1.29, 1.82) is 0 Å². The summed E-state index contributed by atoms with van der Waals surface area (Å²) in [6, 6.07) is 9.17. The first-order valence-electron chi connectivity index (χ1n) is 7.31. The molecule has 0 atom stereocenters. The third-order valence-corrected chi connectivity index (χ3v) is 4.58. The van der Waals surface area contributed by atoms with E-state index in [1.807, 2.05) is 6.07 Å². The molecule has 1 aromatic carbocycles. The van der Waals surface area contributed by atoms with Crippen molar-refractivity contribution in [2.45, 2.75) is 13.3 Å². The van der Waals surface area contributed by atoms with Gasteiger partial charge in [0.15, 0.2) is 0 Å². The zero-order chi connectivity index (χ0) is 16.4. The number of nitrogens with zero attached hydrogens (tertiary/aromatic N) is 3. The number of amides is 1. The summed E-state index contributed by atoms with van der Waals surface area (Å²) in [5.74, 6) is 1.04. The molecule has 0 aliphatic rings. The van der Waals surface area contributed by atoms with Crippen LogP contribution in [-0.2, 0) is 6.42 Å². The summed E-state index contributed by atoms with van der Waals surface area (Å²) in [4.78, 5) is 24.3. The maximum atomic E-state index is 12.1. The summed E-state index contributed by atoms with van der Waals surface area (Å²) in [6.07, 6.45) is 2.45. The Morgan fingerprint density at radius 2 is 2.09 bits per heavy atom. The van der Waals surface area contributed by atoms with Crippen LogP contribution in [0.25, 0.3) is 10.2 Å². The Kier molecular flexibility index (Phi) is 4.25. The molecule has 0 spiro atoms. The SMILES string of the molecule is CCc1cc2c(Oc3cccc(C(=O)N(C)C)c3)ncnc2s1. The fourth-order valence-electron chi connectivity index (χ4n) is 2.20. The maximum Gasteiger partial charge on any atom is 0.253 e. The van der Waals surface area contributed by atoms with E-state index in [9.17, 15) is 4.79 Å². The molecule has 0 aliphatic carbocycles. The summed E-state index contributed by atoms with van der Waals surface area (Å²) in [6.45, 7) is 2.11. The number of aromatic nitrogens is 2. The Morgan fingerprint density at radius 3 is 2.83 bits per heavy atom. The second-order valence-corrected chi connectivity index (χ2v) is 6.41. The van der Waals surface area contributed by atoms with Gasteiger partial charge in [-0.15, -0.1) is 11.3 Å². The average molecular weight is 327 g/mol. The minimum atomic E-state index is -0.0629. The van der Waals surface area contributed by atoms with E-state index in [1.54, 1.807) is 43.6 Å². The molecule has 0 bridgehead atoms. The average Bonchev–Trinajstić information content (AvgIpc) is 2.98. The molecular formula is C17H17N3O2S. The third-order valence-electron chi connectivity index (χ3n) is 3.39. The number of benzene rings is 1. The van der Waals surface area contributed by atoms with Gasteiger partial charge in [0.05, 0.1) is 5.39 Å². The molecule has 6 heteroatoms. The summed E-state index contributed by atoms with van der Waals surface area (Å²) in [7, 11) is 3.45. The summed E-state index contributed by atoms with van der Waals surface area (Å²) in [5.41, 5.74) is 0.581. The first kappa shape index (κ1) is 15.4. The van der Waals surface area contributed by atoms with Crippen LogP contribution in [0.15, 0.2) is 36.7 Å². The molecule has 0 saturated carbocycles. The van der Waals surface area contributed by atoms with Gasteiger partial charge < -0.3 is 9.64 Å². The van der Waals surface area contributed by atoms with E-state index in [1.165, 1.54) is 16.1 Å². The molecule has 3 aromatic rings. The Labute approximate surface area is 138 Å². The van der Waals surface area contributed by atoms with E-state index >= 15 is 0 Å². The monoisotopic (exact) mass is 327 g/mol. The van der Waals surface area contributed by atoms with Crippen molar-refractivity contribution in [3.8, 4) is 11.6 Å². The number of fused-ring (bicyclic) bond motifs is 1. The van der Waals surface area contributed by atoms with Crippen molar-refractivity contribution in [3.63, 3.8) is 0 Å². The number of carbonyl (C=O) groups is 1. The van der Waals surface area contributed by atoms with E-state index in [0.29, 0.717) is 17.2 Å². The highest BCUT2D eigenvalue weighted by Gasteiger charge is 2.12. The van der Waals surface area contributed by atoms with Crippen LogP contribution >= 0.6 is 11.3 Å². The van der Waals surface area contributed by atoms with E-state index < -0.39 is 0 Å². The Balaban J connectivity index is 1.95. The van der Waals surface area contributed by atoms with Crippen LogP contribution < -0.4 is 4.74 Å². The number of hydrogen-bond acceptors (Lipinski definition) is 5. The summed E-state index contributed by atoms with van der Waals surface area (Å²) >= 11 is 1.64. The van der Waals surface area contributed by atoms with Gasteiger partial charge in [-0.3, -0.25) is 4.79 Å². The van der Waals surface area contributed by atoms with E-state index in [2.05, 4.69) is 23.0 Å². The molecule has 23 heavy (non-hydrogen) atoms. The van der Waals surface area contributed by atoms with E-state index in [4.69, 9.17) is 4.74 Å². The molecule has 0 N–H and O–H groups in total. The Morgan fingerprint density at radius 1 is 1.26 bits per heavy atom. The molecule has 0 fully saturated rings. The second-order valence-electron chi connectivity index (χ2n) is 5.29. The first-order chi connectivity index (χ1) is 11.1. The first-order valence-corrected chi connectivity index (χ1v) is 8.13. The third kappa shape index (κ3) is 3.17. The fraction of sp³-hybridized carbons (Fsp3) is 0.235. The largest absolute Gasteiger partial charge is 0.438 e. The van der Waals surface area contributed by atoms with Crippen LogP contribution in [0.4, 0.5) is 0 Å². The van der Waals surface area contributed by atoms with Gasteiger partial charge in [-0.05, 0) is 30.7 Å². The molecule has 2 aromatic heterocycles. The highest BCUT2D eigenvalue weighted by molar-refractivity contribution is 7.18. The predicted octanol–water partition coefficient (Wildman–Crippen LogP) is 3.75. The zero-order valence-electron chi connectivity index (χ0n) is 13.2. The maximum absolute atomic E-state index is 12.1. The molecule has 5 nitrogen and oxygen atoms in total. The lowest BCUT2D eigenvalue weighted by Crippen LogP contribution is -2.21. The van der Waals surface area contributed by atoms with Gasteiger partial charge in [0.2, 0.25) is 5.88 Å². The van der Waals surface area contributed by atoms with Gasteiger partial charge in [-0.2, -0.15) is 0 Å². The van der Waals surface area contributed by atoms with Crippen LogP contribution in [0.2, 0.25) is 0 Å². The van der Waals surface area contributed by atoms with Crippen LogP contribution in [0, 0.1) is 0 Å². The van der Waals surface area contributed by atoms with E-state index in [0.717, 1.165) is 16.6 Å². The number of aryl methyl sites for hydroxylation is 1. The highest BCUT2D eigenvalue weighted by Crippen LogP contribution is 2.32. The van der Waals surface area contributed by atoms with Crippen LogP contribution in [0.1, 0.15) is 22.2 Å². The van der Waals surface area contributed by atoms with Gasteiger partial charge in [0.25, 0.3) is 5.91 Å². The van der Waals surface area contributed by atoms with Crippen molar-refractivity contribution in [3.05, 3.63) is 47.1 Å². The minimum absolute atomic E-state index is 0.0629. The molecule has 1 amide bonds. The smallest absolute Gasteiger partial charge is 0.253 e. The van der Waals surface area contributed by atoms with Crippen LogP contribution in [0.3, 0.4) is 0 Å². The van der Waals surface area contributed by atoms with Crippen LogP contribution in [-0.4, -0.2) is 34.9 Å².